The molecule has 0 atom stereocenters. The first-order valence-corrected chi connectivity index (χ1v) is 7.06. The number of rotatable bonds is 5. The fourth-order valence-corrected chi connectivity index (χ4v) is 2.33. The summed E-state index contributed by atoms with van der Waals surface area (Å²) in [6.45, 7) is 7.24. The van der Waals surface area contributed by atoms with E-state index in [1.165, 1.54) is 0 Å². The summed E-state index contributed by atoms with van der Waals surface area (Å²) in [5, 5.41) is 0. The number of benzene rings is 1. The van der Waals surface area contributed by atoms with Crippen molar-refractivity contribution in [3.8, 4) is 11.3 Å². The van der Waals surface area contributed by atoms with Crippen LogP contribution in [0.4, 0.5) is 0 Å². The van der Waals surface area contributed by atoms with Gasteiger partial charge < -0.3 is 9.32 Å². The number of aryl methyl sites for hydroxylation is 1. The van der Waals surface area contributed by atoms with Crippen molar-refractivity contribution < 1.29 is 14.0 Å². The van der Waals surface area contributed by atoms with E-state index in [0.717, 1.165) is 11.1 Å². The summed E-state index contributed by atoms with van der Waals surface area (Å²) in [6.07, 6.45) is 0.678. The zero-order chi connectivity index (χ0) is 15.4. The molecular formula is C17H19NO3. The molecule has 0 N–H and O–H groups in total. The molecule has 0 aliphatic carbocycles. The third-order valence-corrected chi connectivity index (χ3v) is 3.53. The highest BCUT2D eigenvalue weighted by atomic mass is 16.3. The zero-order valence-electron chi connectivity index (χ0n) is 12.6. The van der Waals surface area contributed by atoms with Gasteiger partial charge in [-0.25, -0.2) is 0 Å². The van der Waals surface area contributed by atoms with Crippen molar-refractivity contribution >= 4 is 12.2 Å². The highest BCUT2D eigenvalue weighted by Crippen LogP contribution is 2.26. The number of hydrogen-bond acceptors (Lipinski definition) is 3. The smallest absolute Gasteiger partial charge is 0.253 e. The minimum Gasteiger partial charge on any atom is -0.453 e. The summed E-state index contributed by atoms with van der Waals surface area (Å²) in [4.78, 5) is 24.8. The molecule has 0 aliphatic heterocycles. The van der Waals surface area contributed by atoms with E-state index in [1.807, 2.05) is 32.9 Å². The lowest BCUT2D eigenvalue weighted by Crippen LogP contribution is -2.30. The third kappa shape index (κ3) is 3.05. The highest BCUT2D eigenvalue weighted by molar-refractivity contribution is 5.95. The average molecular weight is 285 g/mol. The Kier molecular flexibility index (Phi) is 4.58. The van der Waals surface area contributed by atoms with Crippen molar-refractivity contribution in [1.82, 2.24) is 4.90 Å². The number of carbonyl (C=O) groups excluding carboxylic acids is 2. The van der Waals surface area contributed by atoms with Crippen molar-refractivity contribution in [1.29, 1.82) is 0 Å². The minimum absolute atomic E-state index is 0.0303. The summed E-state index contributed by atoms with van der Waals surface area (Å²) < 4.78 is 5.43. The number of furan rings is 1. The Labute approximate surface area is 124 Å². The molecule has 0 fully saturated rings. The fraction of sp³-hybridized carbons (Fsp3) is 0.294. The van der Waals surface area contributed by atoms with Crippen LogP contribution in [0.1, 0.15) is 40.3 Å². The number of carbonyl (C=O) groups is 2. The number of nitrogens with zero attached hydrogens (tertiary/aromatic N) is 1. The minimum atomic E-state index is 0.0303. The molecule has 0 aliphatic rings. The highest BCUT2D eigenvalue weighted by Gasteiger charge is 2.14. The van der Waals surface area contributed by atoms with E-state index in [2.05, 4.69) is 0 Å². The van der Waals surface area contributed by atoms with Gasteiger partial charge in [0.25, 0.3) is 5.91 Å². The number of aldehydes is 1. The summed E-state index contributed by atoms with van der Waals surface area (Å²) in [6, 6.07) is 8.92. The number of amides is 1. The predicted octanol–water partition coefficient (Wildman–Crippen LogP) is 3.55. The first-order valence-electron chi connectivity index (χ1n) is 7.06. The van der Waals surface area contributed by atoms with Crippen molar-refractivity contribution in [2.24, 2.45) is 0 Å². The molecule has 110 valence electrons. The SMILES string of the molecule is CCN(CC)C(=O)c1ccc(-c2ccc(C=O)o2)c(C)c1. The second-order valence-electron chi connectivity index (χ2n) is 4.83. The standard InChI is InChI=1S/C17H19NO3/c1-4-18(5-2)17(20)13-6-8-15(12(3)10-13)16-9-7-14(11-19)21-16/h6-11H,4-5H2,1-3H3. The molecule has 4 heteroatoms. The second-order valence-corrected chi connectivity index (χ2v) is 4.83. The fourth-order valence-electron chi connectivity index (χ4n) is 2.33. The molecule has 2 rings (SSSR count). The van der Waals surface area contributed by atoms with Crippen LogP contribution in [-0.2, 0) is 0 Å². The van der Waals surface area contributed by atoms with Crippen molar-refractivity contribution in [3.63, 3.8) is 0 Å². The maximum absolute atomic E-state index is 12.3. The first kappa shape index (κ1) is 15.0. The van der Waals surface area contributed by atoms with E-state index in [9.17, 15) is 9.59 Å². The van der Waals surface area contributed by atoms with Crippen molar-refractivity contribution in [3.05, 3.63) is 47.2 Å². The molecule has 2 aromatic rings. The van der Waals surface area contributed by atoms with Crippen LogP contribution in [-0.4, -0.2) is 30.2 Å². The van der Waals surface area contributed by atoms with Gasteiger partial charge in [0, 0.05) is 24.2 Å². The van der Waals surface area contributed by atoms with Gasteiger partial charge in [0.15, 0.2) is 12.0 Å². The summed E-state index contributed by atoms with van der Waals surface area (Å²) in [5.74, 6) is 0.965. The Morgan fingerprint density at radius 2 is 1.90 bits per heavy atom. The van der Waals surface area contributed by atoms with Crippen LogP contribution in [0.3, 0.4) is 0 Å². The molecule has 21 heavy (non-hydrogen) atoms. The van der Waals surface area contributed by atoms with Crippen LogP contribution in [0.15, 0.2) is 34.7 Å². The Balaban J connectivity index is 2.33. The Hall–Kier alpha value is -2.36. The number of hydrogen-bond donors (Lipinski definition) is 0. The van der Waals surface area contributed by atoms with Gasteiger partial charge in [0.1, 0.15) is 5.76 Å². The molecule has 1 aromatic carbocycles. The Morgan fingerprint density at radius 1 is 1.19 bits per heavy atom. The van der Waals surface area contributed by atoms with Gasteiger partial charge in [-0.2, -0.15) is 0 Å². The molecule has 0 saturated carbocycles. The van der Waals surface area contributed by atoms with Crippen molar-refractivity contribution in [2.45, 2.75) is 20.8 Å². The molecule has 0 saturated heterocycles. The molecule has 1 amide bonds. The van der Waals surface area contributed by atoms with Gasteiger partial charge in [-0.3, -0.25) is 9.59 Å². The van der Waals surface area contributed by atoms with Gasteiger partial charge in [-0.05, 0) is 50.6 Å². The largest absolute Gasteiger partial charge is 0.453 e. The third-order valence-electron chi connectivity index (χ3n) is 3.53. The van der Waals surface area contributed by atoms with E-state index in [-0.39, 0.29) is 5.91 Å². The lowest BCUT2D eigenvalue weighted by molar-refractivity contribution is 0.0773. The van der Waals surface area contributed by atoms with Gasteiger partial charge in [-0.1, -0.05) is 6.07 Å². The first-order chi connectivity index (χ1) is 10.1. The quantitative estimate of drug-likeness (QED) is 0.789. The summed E-state index contributed by atoms with van der Waals surface area (Å²) >= 11 is 0. The van der Waals surface area contributed by atoms with Crippen LogP contribution < -0.4 is 0 Å². The van der Waals surface area contributed by atoms with E-state index < -0.39 is 0 Å². The lowest BCUT2D eigenvalue weighted by Gasteiger charge is -2.19. The topological polar surface area (TPSA) is 50.5 Å². The van der Waals surface area contributed by atoms with Crippen LogP contribution in [0.25, 0.3) is 11.3 Å². The van der Waals surface area contributed by atoms with Gasteiger partial charge >= 0.3 is 0 Å². The maximum atomic E-state index is 12.3. The molecule has 0 spiro atoms. The van der Waals surface area contributed by atoms with Crippen LogP contribution in [0.5, 0.6) is 0 Å². The zero-order valence-corrected chi connectivity index (χ0v) is 12.6. The second kappa shape index (κ2) is 6.39. The Bertz CT molecular complexity index is 654. The molecule has 1 heterocycles. The van der Waals surface area contributed by atoms with E-state index >= 15 is 0 Å². The van der Waals surface area contributed by atoms with Crippen LogP contribution >= 0.6 is 0 Å². The molecular weight excluding hydrogens is 266 g/mol. The van der Waals surface area contributed by atoms with Gasteiger partial charge in [-0.15, -0.1) is 0 Å². The van der Waals surface area contributed by atoms with Crippen LogP contribution in [0.2, 0.25) is 0 Å². The van der Waals surface area contributed by atoms with E-state index in [0.29, 0.717) is 36.5 Å². The normalized spacial score (nSPS) is 10.4. The average Bonchev–Trinajstić information content (AvgIpc) is 2.97. The molecule has 0 radical (unpaired) electrons. The monoisotopic (exact) mass is 285 g/mol. The van der Waals surface area contributed by atoms with Gasteiger partial charge in [0.05, 0.1) is 0 Å². The molecule has 1 aromatic heterocycles. The van der Waals surface area contributed by atoms with Crippen molar-refractivity contribution in [2.75, 3.05) is 13.1 Å². The summed E-state index contributed by atoms with van der Waals surface area (Å²) in [7, 11) is 0. The molecule has 0 unspecified atom stereocenters. The van der Waals surface area contributed by atoms with Gasteiger partial charge in [0.2, 0.25) is 0 Å². The lowest BCUT2D eigenvalue weighted by atomic mass is 10.0. The van der Waals surface area contributed by atoms with Crippen LogP contribution in [0, 0.1) is 6.92 Å². The molecule has 4 nitrogen and oxygen atoms in total. The molecule has 0 bridgehead atoms. The Morgan fingerprint density at radius 3 is 2.43 bits per heavy atom. The maximum Gasteiger partial charge on any atom is 0.253 e. The van der Waals surface area contributed by atoms with E-state index in [1.54, 1.807) is 23.1 Å². The summed E-state index contributed by atoms with van der Waals surface area (Å²) in [5.41, 5.74) is 2.50. The van der Waals surface area contributed by atoms with E-state index in [4.69, 9.17) is 4.42 Å². The predicted molar refractivity (Wildman–Crippen MR) is 81.5 cm³/mol.